The number of aliphatic imine (C=N–C) groups is 1. The summed E-state index contributed by atoms with van der Waals surface area (Å²) in [5.41, 5.74) is 0. The molecule has 25 heavy (non-hydrogen) atoms. The van der Waals surface area contributed by atoms with Crippen molar-refractivity contribution in [1.29, 1.82) is 0 Å². The molecule has 0 fully saturated rings. The highest BCUT2D eigenvalue weighted by atomic mass is 16.5. The number of carboxylic acids is 2. The predicted octanol–water partition coefficient (Wildman–Crippen LogP) is -1.80. The summed E-state index contributed by atoms with van der Waals surface area (Å²) in [6.07, 6.45) is 2.47. The van der Waals surface area contributed by atoms with Crippen molar-refractivity contribution in [3.05, 3.63) is 6.20 Å². The first-order valence-corrected chi connectivity index (χ1v) is 6.96. The quantitative estimate of drug-likeness (QED) is 0.127. The van der Waals surface area contributed by atoms with Gasteiger partial charge in [-0.15, -0.1) is 5.10 Å². The normalized spacial score (nSPS) is 11.6. The van der Waals surface area contributed by atoms with Gasteiger partial charge in [0.15, 0.2) is 0 Å². The van der Waals surface area contributed by atoms with Gasteiger partial charge in [-0.25, -0.2) is 4.68 Å². The van der Waals surface area contributed by atoms with Crippen molar-refractivity contribution in [3.63, 3.8) is 0 Å². The number of aromatic nitrogens is 3. The number of ether oxygens (including phenoxy) is 3. The van der Waals surface area contributed by atoms with Gasteiger partial charge >= 0.3 is 11.9 Å². The number of nitrogens with zero attached hydrogens (tertiary/aromatic N) is 5. The van der Waals surface area contributed by atoms with Gasteiger partial charge in [0, 0.05) is 0 Å². The van der Waals surface area contributed by atoms with E-state index in [1.54, 1.807) is 0 Å². The summed E-state index contributed by atoms with van der Waals surface area (Å²) in [5, 5.41) is 27.5. The monoisotopic (exact) mass is 358 g/mol. The van der Waals surface area contributed by atoms with Gasteiger partial charge in [-0.05, 0) is 0 Å². The van der Waals surface area contributed by atoms with Crippen LogP contribution >= 0.6 is 0 Å². The molecule has 1 aromatic rings. The summed E-state index contributed by atoms with van der Waals surface area (Å²) in [6, 6.07) is 0. The molecule has 0 spiro atoms. The minimum atomic E-state index is -1.08. The second kappa shape index (κ2) is 11.3. The SMILES string of the molecule is N/N=C(\C=NCC(=O)O)OCCOCCOc1cn(CC(=O)O)nn1. The molecule has 1 aromatic heterocycles. The van der Waals surface area contributed by atoms with E-state index in [0.717, 1.165) is 10.9 Å². The predicted molar refractivity (Wildman–Crippen MR) is 82.5 cm³/mol. The van der Waals surface area contributed by atoms with Gasteiger partial charge in [0.1, 0.15) is 26.3 Å². The van der Waals surface area contributed by atoms with E-state index in [2.05, 4.69) is 20.4 Å². The lowest BCUT2D eigenvalue weighted by atomic mass is 10.6. The van der Waals surface area contributed by atoms with Crippen LogP contribution in [0.5, 0.6) is 5.88 Å². The van der Waals surface area contributed by atoms with E-state index in [4.69, 9.17) is 30.3 Å². The lowest BCUT2D eigenvalue weighted by Crippen LogP contribution is -2.16. The molecule has 0 aliphatic carbocycles. The molecular formula is C12H18N6O7. The molecule has 13 nitrogen and oxygen atoms in total. The van der Waals surface area contributed by atoms with Crippen LogP contribution in [0.4, 0.5) is 0 Å². The van der Waals surface area contributed by atoms with Crippen LogP contribution in [0.2, 0.25) is 0 Å². The van der Waals surface area contributed by atoms with Crippen LogP contribution in [0.25, 0.3) is 0 Å². The summed E-state index contributed by atoms with van der Waals surface area (Å²) in [5.74, 6) is 3.11. The summed E-state index contributed by atoms with van der Waals surface area (Å²) in [7, 11) is 0. The number of carbonyl (C=O) groups is 2. The maximum absolute atomic E-state index is 10.5. The number of hydrazone groups is 1. The van der Waals surface area contributed by atoms with Crippen molar-refractivity contribution in [2.24, 2.45) is 15.9 Å². The van der Waals surface area contributed by atoms with E-state index >= 15 is 0 Å². The highest BCUT2D eigenvalue weighted by molar-refractivity contribution is 6.26. The standard InChI is InChI=1S/C12H18N6O7/c13-15-9(5-14-6-11(19)20)24-3-1-23-2-4-25-10-7-18(17-16-10)8-12(21)22/h5,7H,1-4,6,8,13H2,(H,19,20)(H,21,22)/b14-5?,15-9+. The number of hydrogen-bond donors (Lipinski definition) is 3. The number of nitrogens with two attached hydrogens (primary N) is 1. The molecule has 0 aromatic carbocycles. The largest absolute Gasteiger partial charge is 0.480 e. The lowest BCUT2D eigenvalue weighted by Gasteiger charge is -2.06. The van der Waals surface area contributed by atoms with Gasteiger partial charge in [-0.3, -0.25) is 14.6 Å². The first-order chi connectivity index (χ1) is 12.0. The Labute approximate surface area is 141 Å². The van der Waals surface area contributed by atoms with E-state index in [-0.39, 0.29) is 44.8 Å². The van der Waals surface area contributed by atoms with Crippen molar-refractivity contribution >= 4 is 24.1 Å². The van der Waals surface area contributed by atoms with E-state index in [1.807, 2.05) is 0 Å². The molecular weight excluding hydrogens is 340 g/mol. The maximum atomic E-state index is 10.5. The van der Waals surface area contributed by atoms with Crippen molar-refractivity contribution in [1.82, 2.24) is 15.0 Å². The molecule has 0 atom stereocenters. The Morgan fingerprint density at radius 2 is 2.00 bits per heavy atom. The van der Waals surface area contributed by atoms with Crippen molar-refractivity contribution in [2.45, 2.75) is 6.54 Å². The fourth-order valence-electron chi connectivity index (χ4n) is 1.38. The molecule has 4 N–H and O–H groups in total. The molecule has 0 bridgehead atoms. The van der Waals surface area contributed by atoms with Crippen molar-refractivity contribution in [2.75, 3.05) is 33.0 Å². The summed E-state index contributed by atoms with van der Waals surface area (Å²) in [6.45, 7) is 0.0457. The number of hydrogen-bond acceptors (Lipinski definition) is 10. The first-order valence-electron chi connectivity index (χ1n) is 6.96. The van der Waals surface area contributed by atoms with Gasteiger partial charge in [-0.1, -0.05) is 10.3 Å². The average Bonchev–Trinajstić information content (AvgIpc) is 2.98. The Balaban J connectivity index is 2.09. The highest BCUT2D eigenvalue weighted by Crippen LogP contribution is 2.02. The smallest absolute Gasteiger partial charge is 0.325 e. The van der Waals surface area contributed by atoms with Crippen LogP contribution in [0.3, 0.4) is 0 Å². The summed E-state index contributed by atoms with van der Waals surface area (Å²) in [4.78, 5) is 24.3. The van der Waals surface area contributed by atoms with Crippen LogP contribution in [0, 0.1) is 0 Å². The van der Waals surface area contributed by atoms with Crippen molar-refractivity contribution in [3.8, 4) is 5.88 Å². The van der Waals surface area contributed by atoms with Crippen LogP contribution in [-0.2, 0) is 25.6 Å². The van der Waals surface area contributed by atoms with Crippen molar-refractivity contribution < 1.29 is 34.0 Å². The molecule has 0 saturated heterocycles. The Morgan fingerprint density at radius 3 is 2.68 bits per heavy atom. The number of carboxylic acid groups (broad SMARTS) is 2. The molecule has 0 amide bonds. The second-order valence-corrected chi connectivity index (χ2v) is 4.29. The minimum Gasteiger partial charge on any atom is -0.480 e. The fourth-order valence-corrected chi connectivity index (χ4v) is 1.38. The topological polar surface area (TPSA) is 184 Å². The summed E-state index contributed by atoms with van der Waals surface area (Å²) < 4.78 is 16.7. The molecule has 13 heteroatoms. The zero-order valence-corrected chi connectivity index (χ0v) is 13.1. The van der Waals surface area contributed by atoms with Gasteiger partial charge in [0.25, 0.3) is 5.88 Å². The van der Waals surface area contributed by atoms with Crippen LogP contribution in [0.15, 0.2) is 16.3 Å². The molecule has 0 saturated carbocycles. The van der Waals surface area contributed by atoms with Crippen LogP contribution in [0.1, 0.15) is 0 Å². The van der Waals surface area contributed by atoms with Gasteiger partial charge in [0.2, 0.25) is 5.90 Å². The zero-order valence-electron chi connectivity index (χ0n) is 13.1. The van der Waals surface area contributed by atoms with Gasteiger partial charge < -0.3 is 30.3 Å². The Kier molecular flexibility index (Phi) is 8.99. The minimum absolute atomic E-state index is 0.0175. The van der Waals surface area contributed by atoms with Gasteiger partial charge in [0.05, 0.1) is 25.6 Å². The fraction of sp³-hybridized carbons (Fsp3) is 0.500. The lowest BCUT2D eigenvalue weighted by molar-refractivity contribution is -0.138. The first kappa shape index (κ1) is 19.8. The molecule has 0 aliphatic rings. The molecule has 1 rings (SSSR count). The second-order valence-electron chi connectivity index (χ2n) is 4.29. The van der Waals surface area contributed by atoms with E-state index < -0.39 is 18.5 Å². The Morgan fingerprint density at radius 1 is 1.24 bits per heavy atom. The average molecular weight is 358 g/mol. The third-order valence-corrected chi connectivity index (χ3v) is 2.33. The van der Waals surface area contributed by atoms with E-state index in [0.29, 0.717) is 0 Å². The molecule has 0 unspecified atom stereocenters. The molecule has 0 aliphatic heterocycles. The molecule has 0 radical (unpaired) electrons. The number of rotatable bonds is 12. The molecule has 138 valence electrons. The third-order valence-electron chi connectivity index (χ3n) is 2.33. The van der Waals surface area contributed by atoms with E-state index in [9.17, 15) is 9.59 Å². The number of aliphatic carboxylic acids is 2. The third kappa shape index (κ3) is 9.50. The Bertz CT molecular complexity index is 615. The zero-order chi connectivity index (χ0) is 18.5. The Hall–Kier alpha value is -3.22. The van der Waals surface area contributed by atoms with Gasteiger partial charge in [-0.2, -0.15) is 0 Å². The highest BCUT2D eigenvalue weighted by Gasteiger charge is 2.04. The van der Waals surface area contributed by atoms with Crippen LogP contribution in [-0.4, -0.2) is 82.2 Å². The maximum Gasteiger partial charge on any atom is 0.325 e. The molecule has 1 heterocycles. The summed E-state index contributed by atoms with van der Waals surface area (Å²) >= 11 is 0. The van der Waals surface area contributed by atoms with Crippen LogP contribution < -0.4 is 10.6 Å². The van der Waals surface area contributed by atoms with E-state index in [1.165, 1.54) is 6.20 Å².